The quantitative estimate of drug-likeness (QED) is 0.678. The average Bonchev–Trinajstić information content (AvgIpc) is 2.98. The fourth-order valence-corrected chi connectivity index (χ4v) is 2.23. The smallest absolute Gasteiger partial charge is 0.287 e. The molecule has 0 aliphatic rings. The molecule has 122 valence electrons. The molecule has 3 aromatic rings. The Morgan fingerprint density at radius 2 is 2.08 bits per heavy atom. The molecule has 2 heterocycles. The highest BCUT2D eigenvalue weighted by atomic mass is 19.4. The van der Waals surface area contributed by atoms with E-state index in [1.807, 2.05) is 0 Å². The second-order valence-electron chi connectivity index (χ2n) is 4.95. The Labute approximate surface area is 134 Å². The van der Waals surface area contributed by atoms with Gasteiger partial charge in [0.15, 0.2) is 5.65 Å². The van der Waals surface area contributed by atoms with Gasteiger partial charge in [0.05, 0.1) is 24.0 Å². The zero-order valence-corrected chi connectivity index (χ0v) is 12.5. The number of nitrogens with zero attached hydrogens (tertiary/aromatic N) is 4. The van der Waals surface area contributed by atoms with Crippen LogP contribution in [-0.4, -0.2) is 19.3 Å². The molecule has 0 unspecified atom stereocenters. The van der Waals surface area contributed by atoms with Crippen molar-refractivity contribution in [3.63, 3.8) is 0 Å². The molecule has 0 spiro atoms. The van der Waals surface area contributed by atoms with Crippen molar-refractivity contribution in [1.82, 2.24) is 19.3 Å². The van der Waals surface area contributed by atoms with E-state index in [9.17, 15) is 18.0 Å². The summed E-state index contributed by atoms with van der Waals surface area (Å²) in [6.45, 7) is 1.84. The summed E-state index contributed by atoms with van der Waals surface area (Å²) in [6, 6.07) is 4.68. The Kier molecular flexibility index (Phi) is 3.85. The van der Waals surface area contributed by atoms with Crippen LogP contribution in [0.5, 0.6) is 0 Å². The molecule has 0 aliphatic heterocycles. The normalized spacial score (nSPS) is 11.3. The minimum absolute atomic E-state index is 0.179. The monoisotopic (exact) mass is 332 g/mol. The van der Waals surface area contributed by atoms with E-state index < -0.39 is 11.7 Å². The second-order valence-corrected chi connectivity index (χ2v) is 4.95. The molecule has 0 saturated heterocycles. The van der Waals surface area contributed by atoms with Crippen molar-refractivity contribution in [2.45, 2.75) is 19.6 Å². The van der Waals surface area contributed by atoms with Gasteiger partial charge in [-0.25, -0.2) is 9.67 Å². The van der Waals surface area contributed by atoms with Crippen LogP contribution in [0.25, 0.3) is 16.7 Å². The van der Waals surface area contributed by atoms with Crippen LogP contribution in [0.3, 0.4) is 0 Å². The highest BCUT2D eigenvalue weighted by Crippen LogP contribution is 2.30. The number of aromatic nitrogens is 4. The lowest BCUT2D eigenvalue weighted by molar-refractivity contribution is -0.137. The molecule has 0 N–H and O–H groups in total. The first-order chi connectivity index (χ1) is 11.4. The molecule has 5 nitrogen and oxygen atoms in total. The van der Waals surface area contributed by atoms with Crippen LogP contribution in [0.2, 0.25) is 0 Å². The van der Waals surface area contributed by atoms with Crippen LogP contribution in [0, 0.1) is 11.8 Å². The van der Waals surface area contributed by atoms with Gasteiger partial charge >= 0.3 is 6.18 Å². The van der Waals surface area contributed by atoms with Crippen LogP contribution in [0.15, 0.2) is 41.6 Å². The Hall–Kier alpha value is -3.08. The minimum atomic E-state index is -4.46. The van der Waals surface area contributed by atoms with Gasteiger partial charge in [0.1, 0.15) is 11.7 Å². The van der Waals surface area contributed by atoms with Crippen molar-refractivity contribution in [3.05, 3.63) is 52.7 Å². The maximum absolute atomic E-state index is 12.8. The zero-order chi connectivity index (χ0) is 17.3. The maximum Gasteiger partial charge on any atom is 0.416 e. The van der Waals surface area contributed by atoms with Crippen LogP contribution in [0.4, 0.5) is 13.2 Å². The summed E-state index contributed by atoms with van der Waals surface area (Å²) in [5.41, 5.74) is -0.769. The van der Waals surface area contributed by atoms with Crippen molar-refractivity contribution in [1.29, 1.82) is 0 Å². The van der Waals surface area contributed by atoms with Gasteiger partial charge in [-0.2, -0.15) is 18.3 Å². The number of halogens is 3. The summed E-state index contributed by atoms with van der Waals surface area (Å²) in [5.74, 6) is 5.43. The molecule has 0 amide bonds. The molecule has 3 rings (SSSR count). The van der Waals surface area contributed by atoms with Crippen LogP contribution >= 0.6 is 0 Å². The Morgan fingerprint density at radius 1 is 1.29 bits per heavy atom. The van der Waals surface area contributed by atoms with Crippen molar-refractivity contribution >= 4 is 11.0 Å². The van der Waals surface area contributed by atoms with E-state index in [0.29, 0.717) is 0 Å². The van der Waals surface area contributed by atoms with Crippen molar-refractivity contribution in [3.8, 4) is 17.5 Å². The molecule has 0 radical (unpaired) electrons. The van der Waals surface area contributed by atoms with Gasteiger partial charge in [-0.15, -0.1) is 5.92 Å². The van der Waals surface area contributed by atoms with E-state index >= 15 is 0 Å². The third kappa shape index (κ3) is 2.76. The van der Waals surface area contributed by atoms with Gasteiger partial charge in [-0.3, -0.25) is 9.36 Å². The number of fused-ring (bicyclic) bond motifs is 1. The third-order valence-electron chi connectivity index (χ3n) is 3.40. The number of hydrogen-bond donors (Lipinski definition) is 0. The molecular weight excluding hydrogens is 321 g/mol. The molecule has 2 aromatic heterocycles. The Morgan fingerprint density at radius 3 is 2.79 bits per heavy atom. The van der Waals surface area contributed by atoms with Crippen molar-refractivity contribution in [2.24, 2.45) is 0 Å². The predicted octanol–water partition coefficient (Wildman–Crippen LogP) is 2.62. The van der Waals surface area contributed by atoms with Crippen molar-refractivity contribution < 1.29 is 13.2 Å². The topological polar surface area (TPSA) is 52.7 Å². The van der Waals surface area contributed by atoms with Gasteiger partial charge in [-0.05, 0) is 25.1 Å². The highest BCUT2D eigenvalue weighted by molar-refractivity contribution is 5.75. The first-order valence-corrected chi connectivity index (χ1v) is 6.92. The lowest BCUT2D eigenvalue weighted by atomic mass is 10.2. The first-order valence-electron chi connectivity index (χ1n) is 6.92. The molecule has 0 fully saturated rings. The molecule has 0 saturated carbocycles. The first kappa shape index (κ1) is 15.8. The fraction of sp³-hybridized carbons (Fsp3) is 0.188. The lowest BCUT2D eigenvalue weighted by Gasteiger charge is -2.09. The van der Waals surface area contributed by atoms with E-state index in [0.717, 1.165) is 12.1 Å². The average molecular weight is 332 g/mol. The Bertz CT molecular complexity index is 1020. The minimum Gasteiger partial charge on any atom is -0.287 e. The SMILES string of the molecule is CC#CCn1cnc2c(cnn2-c2cccc(C(F)(F)F)c2)c1=O. The molecule has 1 aromatic carbocycles. The second kappa shape index (κ2) is 5.85. The molecule has 0 aliphatic carbocycles. The molecular formula is C16H11F3N4O. The largest absolute Gasteiger partial charge is 0.416 e. The predicted molar refractivity (Wildman–Crippen MR) is 81.6 cm³/mol. The maximum atomic E-state index is 12.8. The van der Waals surface area contributed by atoms with E-state index in [1.165, 1.54) is 33.9 Å². The summed E-state index contributed by atoms with van der Waals surface area (Å²) in [4.78, 5) is 16.5. The number of rotatable bonds is 2. The van der Waals surface area contributed by atoms with Gasteiger partial charge in [0, 0.05) is 0 Å². The molecule has 0 bridgehead atoms. The third-order valence-corrected chi connectivity index (χ3v) is 3.40. The summed E-state index contributed by atoms with van der Waals surface area (Å²) < 4.78 is 41.1. The lowest BCUT2D eigenvalue weighted by Crippen LogP contribution is -2.20. The van der Waals surface area contributed by atoms with E-state index in [4.69, 9.17) is 0 Å². The number of benzene rings is 1. The van der Waals surface area contributed by atoms with Crippen LogP contribution in [-0.2, 0) is 12.7 Å². The van der Waals surface area contributed by atoms with E-state index in [1.54, 1.807) is 6.92 Å². The number of hydrogen-bond acceptors (Lipinski definition) is 3. The van der Waals surface area contributed by atoms with Gasteiger partial charge in [0.25, 0.3) is 5.56 Å². The number of alkyl halides is 3. The molecule has 8 heteroatoms. The van der Waals surface area contributed by atoms with E-state index in [-0.39, 0.29) is 28.8 Å². The standard InChI is InChI=1S/C16H11F3N4O/c1-2-3-7-22-10-20-14-13(15(22)24)9-21-23(14)12-6-4-5-11(8-12)16(17,18)19/h4-6,8-10H,7H2,1H3. The summed E-state index contributed by atoms with van der Waals surface area (Å²) in [5, 5.41) is 4.22. The highest BCUT2D eigenvalue weighted by Gasteiger charge is 2.30. The fourth-order valence-electron chi connectivity index (χ4n) is 2.23. The summed E-state index contributed by atoms with van der Waals surface area (Å²) in [7, 11) is 0. The van der Waals surface area contributed by atoms with Gasteiger partial charge < -0.3 is 0 Å². The zero-order valence-electron chi connectivity index (χ0n) is 12.5. The summed E-state index contributed by atoms with van der Waals surface area (Å²) in [6.07, 6.45) is -1.86. The van der Waals surface area contributed by atoms with Crippen LogP contribution < -0.4 is 5.56 Å². The van der Waals surface area contributed by atoms with Gasteiger partial charge in [-0.1, -0.05) is 12.0 Å². The van der Waals surface area contributed by atoms with Crippen molar-refractivity contribution in [2.75, 3.05) is 0 Å². The molecule has 0 atom stereocenters. The summed E-state index contributed by atoms with van der Waals surface area (Å²) >= 11 is 0. The van der Waals surface area contributed by atoms with Crippen LogP contribution in [0.1, 0.15) is 12.5 Å². The van der Waals surface area contributed by atoms with E-state index in [2.05, 4.69) is 21.9 Å². The Balaban J connectivity index is 2.13. The molecule has 24 heavy (non-hydrogen) atoms. The van der Waals surface area contributed by atoms with Gasteiger partial charge in [0.2, 0.25) is 0 Å².